The predicted octanol–water partition coefficient (Wildman–Crippen LogP) is 3.95. The van der Waals surface area contributed by atoms with Gasteiger partial charge in [0.25, 0.3) is 0 Å². The minimum atomic E-state index is 0.00876. The van der Waals surface area contributed by atoms with Gasteiger partial charge in [-0.1, -0.05) is 31.2 Å². The lowest BCUT2D eigenvalue weighted by molar-refractivity contribution is 0.182. The smallest absolute Gasteiger partial charge is 0.138 e. The molecule has 1 heterocycles. The standard InChI is InChI=1S/C18H22N2O/c1-2-16(19)17-11-10-14(12-20-17)21-18-9-5-7-13-6-3-4-8-15(13)18/h3-4,6,8,10-12,16,18H,2,5,7,9,19H2,1H3/t16-,18?/m0/s1. The second-order valence-corrected chi connectivity index (χ2v) is 5.63. The van der Waals surface area contributed by atoms with Crippen molar-refractivity contribution >= 4 is 0 Å². The molecular weight excluding hydrogens is 260 g/mol. The fourth-order valence-electron chi connectivity index (χ4n) is 2.89. The Morgan fingerprint density at radius 3 is 2.90 bits per heavy atom. The predicted molar refractivity (Wildman–Crippen MR) is 84.2 cm³/mol. The molecule has 1 unspecified atom stereocenters. The highest BCUT2D eigenvalue weighted by atomic mass is 16.5. The molecular formula is C18H22N2O. The number of pyridine rings is 1. The maximum Gasteiger partial charge on any atom is 0.138 e. The van der Waals surface area contributed by atoms with Crippen LogP contribution in [-0.4, -0.2) is 4.98 Å². The molecule has 0 aliphatic heterocycles. The van der Waals surface area contributed by atoms with E-state index in [9.17, 15) is 0 Å². The number of ether oxygens (including phenoxy) is 1. The van der Waals surface area contributed by atoms with Gasteiger partial charge in [-0.3, -0.25) is 4.98 Å². The Hall–Kier alpha value is -1.87. The van der Waals surface area contributed by atoms with Gasteiger partial charge in [-0.05, 0) is 48.9 Å². The summed E-state index contributed by atoms with van der Waals surface area (Å²) in [7, 11) is 0. The van der Waals surface area contributed by atoms with E-state index >= 15 is 0 Å². The molecule has 3 rings (SSSR count). The van der Waals surface area contributed by atoms with Crippen LogP contribution in [0.1, 0.15) is 55.2 Å². The molecule has 2 aromatic rings. The molecule has 0 radical (unpaired) electrons. The molecule has 0 fully saturated rings. The van der Waals surface area contributed by atoms with Gasteiger partial charge in [0.2, 0.25) is 0 Å². The molecule has 3 heteroatoms. The summed E-state index contributed by atoms with van der Waals surface area (Å²) in [4.78, 5) is 4.42. The molecule has 1 aromatic heterocycles. The van der Waals surface area contributed by atoms with Gasteiger partial charge in [0.05, 0.1) is 11.9 Å². The second kappa shape index (κ2) is 6.27. The van der Waals surface area contributed by atoms with E-state index < -0.39 is 0 Å². The Morgan fingerprint density at radius 2 is 2.14 bits per heavy atom. The van der Waals surface area contributed by atoms with E-state index in [1.54, 1.807) is 6.20 Å². The van der Waals surface area contributed by atoms with E-state index in [1.807, 2.05) is 12.1 Å². The fourth-order valence-corrected chi connectivity index (χ4v) is 2.89. The van der Waals surface area contributed by atoms with Crippen molar-refractivity contribution in [3.05, 3.63) is 59.4 Å². The maximum absolute atomic E-state index is 6.15. The molecule has 0 amide bonds. The number of nitrogens with zero attached hydrogens (tertiary/aromatic N) is 1. The number of fused-ring (bicyclic) bond motifs is 1. The number of benzene rings is 1. The number of hydrogen-bond acceptors (Lipinski definition) is 3. The van der Waals surface area contributed by atoms with Crippen LogP contribution in [0.15, 0.2) is 42.6 Å². The van der Waals surface area contributed by atoms with Crippen molar-refractivity contribution in [3.63, 3.8) is 0 Å². The summed E-state index contributed by atoms with van der Waals surface area (Å²) in [6.45, 7) is 2.07. The monoisotopic (exact) mass is 282 g/mol. The Bertz CT molecular complexity index is 594. The van der Waals surface area contributed by atoms with Crippen molar-refractivity contribution < 1.29 is 4.74 Å². The quantitative estimate of drug-likeness (QED) is 0.923. The third kappa shape index (κ3) is 3.08. The summed E-state index contributed by atoms with van der Waals surface area (Å²) in [6.07, 6.45) is 6.22. The normalized spacial score (nSPS) is 18.9. The highest BCUT2D eigenvalue weighted by Gasteiger charge is 2.21. The van der Waals surface area contributed by atoms with Gasteiger partial charge >= 0.3 is 0 Å². The fraction of sp³-hybridized carbons (Fsp3) is 0.389. The average molecular weight is 282 g/mol. The van der Waals surface area contributed by atoms with Crippen molar-refractivity contribution in [3.8, 4) is 5.75 Å². The molecule has 0 bridgehead atoms. The van der Waals surface area contributed by atoms with Gasteiger partial charge in [-0.2, -0.15) is 0 Å². The number of rotatable bonds is 4. The van der Waals surface area contributed by atoms with Gasteiger partial charge in [-0.25, -0.2) is 0 Å². The maximum atomic E-state index is 6.15. The number of nitrogens with two attached hydrogens (primary N) is 1. The van der Waals surface area contributed by atoms with Crippen molar-refractivity contribution in [2.24, 2.45) is 5.73 Å². The molecule has 2 atom stereocenters. The molecule has 21 heavy (non-hydrogen) atoms. The second-order valence-electron chi connectivity index (χ2n) is 5.63. The topological polar surface area (TPSA) is 48.1 Å². The van der Waals surface area contributed by atoms with Gasteiger partial charge < -0.3 is 10.5 Å². The van der Waals surface area contributed by atoms with Crippen LogP contribution >= 0.6 is 0 Å². The summed E-state index contributed by atoms with van der Waals surface area (Å²) in [5, 5.41) is 0. The highest BCUT2D eigenvalue weighted by Crippen LogP contribution is 2.33. The molecule has 2 N–H and O–H groups in total. The molecule has 0 saturated heterocycles. The van der Waals surface area contributed by atoms with E-state index in [0.717, 1.165) is 30.7 Å². The first kappa shape index (κ1) is 14.1. The minimum absolute atomic E-state index is 0.00876. The molecule has 1 aliphatic rings. The SMILES string of the molecule is CC[C@H](N)c1ccc(OC2CCCc3ccccc32)cn1. The Kier molecular flexibility index (Phi) is 4.20. The van der Waals surface area contributed by atoms with Gasteiger partial charge in [0.1, 0.15) is 11.9 Å². The molecule has 3 nitrogen and oxygen atoms in total. The molecule has 110 valence electrons. The van der Waals surface area contributed by atoms with Crippen LogP contribution in [-0.2, 0) is 6.42 Å². The van der Waals surface area contributed by atoms with Gasteiger partial charge in [0, 0.05) is 6.04 Å². The zero-order valence-electron chi connectivity index (χ0n) is 12.5. The Balaban J connectivity index is 1.76. The molecule has 0 saturated carbocycles. The summed E-state index contributed by atoms with van der Waals surface area (Å²) >= 11 is 0. The number of aryl methyl sites for hydroxylation is 1. The molecule has 1 aliphatic carbocycles. The zero-order valence-corrected chi connectivity index (χ0v) is 12.5. The Labute approximate surface area is 126 Å². The van der Waals surface area contributed by atoms with Crippen LogP contribution in [0.4, 0.5) is 0 Å². The number of aromatic nitrogens is 1. The van der Waals surface area contributed by atoms with E-state index in [1.165, 1.54) is 17.5 Å². The van der Waals surface area contributed by atoms with Crippen molar-refractivity contribution in [1.82, 2.24) is 4.98 Å². The first-order chi connectivity index (χ1) is 10.3. The molecule has 1 aromatic carbocycles. The largest absolute Gasteiger partial charge is 0.484 e. The number of hydrogen-bond donors (Lipinski definition) is 1. The minimum Gasteiger partial charge on any atom is -0.484 e. The van der Waals surface area contributed by atoms with E-state index in [2.05, 4.69) is 36.2 Å². The molecule has 0 spiro atoms. The van der Waals surface area contributed by atoms with E-state index in [4.69, 9.17) is 10.5 Å². The third-order valence-corrected chi connectivity index (χ3v) is 4.17. The van der Waals surface area contributed by atoms with E-state index in [-0.39, 0.29) is 12.1 Å². The summed E-state index contributed by atoms with van der Waals surface area (Å²) in [6, 6.07) is 12.5. The highest BCUT2D eigenvalue weighted by molar-refractivity contribution is 5.32. The lowest BCUT2D eigenvalue weighted by atomic mass is 9.89. The van der Waals surface area contributed by atoms with Crippen LogP contribution < -0.4 is 10.5 Å². The van der Waals surface area contributed by atoms with Crippen LogP contribution in [0.25, 0.3) is 0 Å². The third-order valence-electron chi connectivity index (χ3n) is 4.17. The summed E-state index contributed by atoms with van der Waals surface area (Å²) in [5.74, 6) is 0.823. The summed E-state index contributed by atoms with van der Waals surface area (Å²) in [5.41, 5.74) is 9.64. The van der Waals surface area contributed by atoms with Crippen LogP contribution in [0, 0.1) is 0 Å². The van der Waals surface area contributed by atoms with Gasteiger partial charge in [-0.15, -0.1) is 0 Å². The van der Waals surface area contributed by atoms with E-state index in [0.29, 0.717) is 0 Å². The lowest BCUT2D eigenvalue weighted by Crippen LogP contribution is -2.15. The van der Waals surface area contributed by atoms with Crippen molar-refractivity contribution in [2.45, 2.75) is 44.8 Å². The lowest BCUT2D eigenvalue weighted by Gasteiger charge is -2.26. The van der Waals surface area contributed by atoms with Gasteiger partial charge in [0.15, 0.2) is 0 Å². The first-order valence-corrected chi connectivity index (χ1v) is 7.74. The first-order valence-electron chi connectivity index (χ1n) is 7.74. The van der Waals surface area contributed by atoms with Crippen LogP contribution in [0.3, 0.4) is 0 Å². The van der Waals surface area contributed by atoms with Crippen molar-refractivity contribution in [1.29, 1.82) is 0 Å². The van der Waals surface area contributed by atoms with Crippen molar-refractivity contribution in [2.75, 3.05) is 0 Å². The Morgan fingerprint density at radius 1 is 1.29 bits per heavy atom. The van der Waals surface area contributed by atoms with Crippen LogP contribution in [0.5, 0.6) is 5.75 Å². The average Bonchev–Trinajstić information content (AvgIpc) is 2.55. The summed E-state index contributed by atoms with van der Waals surface area (Å²) < 4.78 is 6.15. The zero-order chi connectivity index (χ0) is 14.7. The van der Waals surface area contributed by atoms with Crippen LogP contribution in [0.2, 0.25) is 0 Å².